The molecule has 1 heterocycles. The van der Waals surface area contributed by atoms with Crippen molar-refractivity contribution in [2.24, 2.45) is 0 Å². The number of carboxylic acids is 1. The molecule has 0 spiro atoms. The van der Waals surface area contributed by atoms with Gasteiger partial charge in [0.15, 0.2) is 0 Å². The van der Waals surface area contributed by atoms with E-state index in [9.17, 15) is 9.90 Å². The van der Waals surface area contributed by atoms with Crippen molar-refractivity contribution < 1.29 is 9.90 Å². The Bertz CT molecular complexity index is 193. The second-order valence-electron chi connectivity index (χ2n) is 3.78. The standard InChI is InChI=1S/C10H19NO2/c1-3-7-11-8-5-6-10(11,4-2)9(12)13/h3-8H2,1-2H3,(H,12,13)/t10-/m0/s1. The summed E-state index contributed by atoms with van der Waals surface area (Å²) in [6, 6.07) is 0. The van der Waals surface area contributed by atoms with Crippen molar-refractivity contribution in [3.63, 3.8) is 0 Å². The third-order valence-corrected chi connectivity index (χ3v) is 3.10. The van der Waals surface area contributed by atoms with Crippen molar-refractivity contribution in [1.82, 2.24) is 4.90 Å². The Morgan fingerprint density at radius 3 is 2.69 bits per heavy atom. The van der Waals surface area contributed by atoms with Crippen molar-refractivity contribution >= 4 is 5.97 Å². The summed E-state index contributed by atoms with van der Waals surface area (Å²) >= 11 is 0. The topological polar surface area (TPSA) is 40.5 Å². The molecule has 1 saturated heterocycles. The highest BCUT2D eigenvalue weighted by Crippen LogP contribution is 2.32. The quantitative estimate of drug-likeness (QED) is 0.725. The smallest absolute Gasteiger partial charge is 0.324 e. The predicted molar refractivity (Wildman–Crippen MR) is 51.8 cm³/mol. The fourth-order valence-corrected chi connectivity index (χ4v) is 2.32. The van der Waals surface area contributed by atoms with Crippen LogP contribution in [-0.2, 0) is 4.79 Å². The van der Waals surface area contributed by atoms with Crippen molar-refractivity contribution in [2.75, 3.05) is 13.1 Å². The molecule has 13 heavy (non-hydrogen) atoms. The molecule has 0 aliphatic carbocycles. The molecule has 0 amide bonds. The molecule has 1 N–H and O–H groups in total. The molecule has 1 atom stereocenters. The third-order valence-electron chi connectivity index (χ3n) is 3.10. The molecule has 1 aliphatic rings. The van der Waals surface area contributed by atoms with Crippen molar-refractivity contribution in [3.05, 3.63) is 0 Å². The van der Waals surface area contributed by atoms with Gasteiger partial charge in [-0.15, -0.1) is 0 Å². The van der Waals surface area contributed by atoms with Gasteiger partial charge in [0, 0.05) is 0 Å². The van der Waals surface area contributed by atoms with Crippen LogP contribution in [0.4, 0.5) is 0 Å². The van der Waals surface area contributed by atoms with E-state index in [0.717, 1.165) is 38.8 Å². The van der Waals surface area contributed by atoms with Crippen LogP contribution < -0.4 is 0 Å². The van der Waals surface area contributed by atoms with Crippen LogP contribution in [0.1, 0.15) is 39.5 Å². The maximum absolute atomic E-state index is 11.2. The van der Waals surface area contributed by atoms with Crippen molar-refractivity contribution in [2.45, 2.75) is 45.1 Å². The number of carbonyl (C=O) groups is 1. The van der Waals surface area contributed by atoms with Gasteiger partial charge in [-0.1, -0.05) is 13.8 Å². The molecule has 0 radical (unpaired) electrons. The van der Waals surface area contributed by atoms with Gasteiger partial charge in [-0.05, 0) is 38.8 Å². The van der Waals surface area contributed by atoms with Crippen LogP contribution in [0.5, 0.6) is 0 Å². The van der Waals surface area contributed by atoms with Gasteiger partial charge in [-0.2, -0.15) is 0 Å². The van der Waals surface area contributed by atoms with Crippen molar-refractivity contribution in [3.8, 4) is 0 Å². The van der Waals surface area contributed by atoms with E-state index in [2.05, 4.69) is 11.8 Å². The second-order valence-corrected chi connectivity index (χ2v) is 3.78. The van der Waals surface area contributed by atoms with E-state index in [1.54, 1.807) is 0 Å². The summed E-state index contributed by atoms with van der Waals surface area (Å²) < 4.78 is 0. The zero-order valence-electron chi connectivity index (χ0n) is 8.55. The summed E-state index contributed by atoms with van der Waals surface area (Å²) in [4.78, 5) is 13.3. The van der Waals surface area contributed by atoms with Gasteiger partial charge >= 0.3 is 5.97 Å². The first-order valence-corrected chi connectivity index (χ1v) is 5.16. The third kappa shape index (κ3) is 1.70. The molecule has 0 aromatic rings. The zero-order chi connectivity index (χ0) is 9.90. The van der Waals surface area contributed by atoms with Crippen LogP contribution in [0.2, 0.25) is 0 Å². The van der Waals surface area contributed by atoms with Gasteiger partial charge < -0.3 is 5.11 Å². The lowest BCUT2D eigenvalue weighted by Gasteiger charge is -2.33. The number of carboxylic acid groups (broad SMARTS) is 1. The van der Waals surface area contributed by atoms with E-state index in [-0.39, 0.29) is 0 Å². The van der Waals surface area contributed by atoms with E-state index in [0.29, 0.717) is 0 Å². The Hall–Kier alpha value is -0.570. The van der Waals surface area contributed by atoms with Crippen LogP contribution >= 0.6 is 0 Å². The molecule has 0 unspecified atom stereocenters. The Labute approximate surface area is 79.7 Å². The van der Waals surface area contributed by atoms with E-state index in [4.69, 9.17) is 0 Å². The van der Waals surface area contributed by atoms with Gasteiger partial charge in [0.1, 0.15) is 5.54 Å². The molecule has 0 bridgehead atoms. The van der Waals surface area contributed by atoms with Gasteiger partial charge in [-0.25, -0.2) is 0 Å². The normalized spacial score (nSPS) is 29.4. The molecule has 3 heteroatoms. The van der Waals surface area contributed by atoms with Crippen molar-refractivity contribution in [1.29, 1.82) is 0 Å². The monoisotopic (exact) mass is 185 g/mol. The molecule has 76 valence electrons. The second kappa shape index (κ2) is 4.09. The van der Waals surface area contributed by atoms with Crippen LogP contribution in [0.3, 0.4) is 0 Å². The lowest BCUT2D eigenvalue weighted by molar-refractivity contribution is -0.150. The number of rotatable bonds is 4. The number of hydrogen-bond donors (Lipinski definition) is 1. The van der Waals surface area contributed by atoms with E-state index in [1.807, 2.05) is 6.92 Å². The summed E-state index contributed by atoms with van der Waals surface area (Å²) in [5, 5.41) is 9.22. The van der Waals surface area contributed by atoms with Gasteiger partial charge in [-0.3, -0.25) is 9.69 Å². The lowest BCUT2D eigenvalue weighted by atomic mass is 9.93. The Kier molecular flexibility index (Phi) is 3.31. The Balaban J connectivity index is 2.77. The number of likely N-dealkylation sites (tertiary alicyclic amines) is 1. The Morgan fingerprint density at radius 2 is 2.23 bits per heavy atom. The SMILES string of the molecule is CCCN1CCC[C@@]1(CC)C(=O)O. The van der Waals surface area contributed by atoms with E-state index in [1.165, 1.54) is 0 Å². The minimum Gasteiger partial charge on any atom is -0.480 e. The fourth-order valence-electron chi connectivity index (χ4n) is 2.32. The summed E-state index contributed by atoms with van der Waals surface area (Å²) in [5.41, 5.74) is -0.546. The Morgan fingerprint density at radius 1 is 1.54 bits per heavy atom. The lowest BCUT2D eigenvalue weighted by Crippen LogP contribution is -2.50. The number of nitrogens with zero attached hydrogens (tertiary/aromatic N) is 1. The van der Waals surface area contributed by atoms with Gasteiger partial charge in [0.05, 0.1) is 0 Å². The number of aliphatic carboxylic acids is 1. The highest BCUT2D eigenvalue weighted by molar-refractivity contribution is 5.79. The van der Waals surface area contributed by atoms with Gasteiger partial charge in [0.25, 0.3) is 0 Å². The average Bonchev–Trinajstić information content (AvgIpc) is 2.49. The molecule has 0 saturated carbocycles. The molecule has 1 fully saturated rings. The molecule has 3 nitrogen and oxygen atoms in total. The molecular weight excluding hydrogens is 166 g/mol. The summed E-state index contributed by atoms with van der Waals surface area (Å²) in [6.45, 7) is 5.94. The molecular formula is C10H19NO2. The average molecular weight is 185 g/mol. The highest BCUT2D eigenvalue weighted by atomic mass is 16.4. The minimum atomic E-state index is -0.638. The van der Waals surface area contributed by atoms with E-state index < -0.39 is 11.5 Å². The number of hydrogen-bond acceptors (Lipinski definition) is 2. The fraction of sp³-hybridized carbons (Fsp3) is 0.900. The van der Waals surface area contributed by atoms with Crippen LogP contribution in [0.15, 0.2) is 0 Å². The maximum atomic E-state index is 11.2. The maximum Gasteiger partial charge on any atom is 0.324 e. The van der Waals surface area contributed by atoms with Gasteiger partial charge in [0.2, 0.25) is 0 Å². The van der Waals surface area contributed by atoms with Crippen LogP contribution in [0.25, 0.3) is 0 Å². The summed E-state index contributed by atoms with van der Waals surface area (Å²) in [5.74, 6) is -0.638. The molecule has 0 aromatic carbocycles. The largest absolute Gasteiger partial charge is 0.480 e. The first-order chi connectivity index (χ1) is 6.17. The zero-order valence-corrected chi connectivity index (χ0v) is 8.55. The first-order valence-electron chi connectivity index (χ1n) is 5.16. The predicted octanol–water partition coefficient (Wildman–Crippen LogP) is 1.73. The highest BCUT2D eigenvalue weighted by Gasteiger charge is 2.45. The van der Waals surface area contributed by atoms with Crippen LogP contribution in [0, 0.1) is 0 Å². The minimum absolute atomic E-state index is 0.546. The summed E-state index contributed by atoms with van der Waals surface area (Å²) in [6.07, 6.45) is 3.61. The van der Waals surface area contributed by atoms with E-state index >= 15 is 0 Å². The summed E-state index contributed by atoms with van der Waals surface area (Å²) in [7, 11) is 0. The molecule has 1 rings (SSSR count). The first kappa shape index (κ1) is 10.5. The van der Waals surface area contributed by atoms with Crippen LogP contribution in [-0.4, -0.2) is 34.6 Å². The molecule has 1 aliphatic heterocycles. The molecule has 0 aromatic heterocycles.